The molecule has 74 valence electrons. The smallest absolute Gasteiger partial charge is 0.336 e. The van der Waals surface area contributed by atoms with E-state index in [0.717, 1.165) is 19.4 Å². The molecule has 0 saturated carbocycles. The highest BCUT2D eigenvalue weighted by Gasteiger charge is 2.27. The van der Waals surface area contributed by atoms with E-state index in [1.54, 1.807) is 0 Å². The Bertz CT molecular complexity index is 204. The van der Waals surface area contributed by atoms with Crippen LogP contribution < -0.4 is 0 Å². The van der Waals surface area contributed by atoms with Crippen LogP contribution in [-0.2, 0) is 14.3 Å². The predicted molar refractivity (Wildman–Crippen MR) is 49.4 cm³/mol. The Balaban J connectivity index is 2.55. The molecule has 0 aromatic rings. The number of carbonyl (C=O) groups excluding carboxylic acids is 1. The highest BCUT2D eigenvalue weighted by Crippen LogP contribution is 2.21. The minimum Gasteiger partial charge on any atom is -0.463 e. The third kappa shape index (κ3) is 2.56. The number of allylic oxidation sites excluding steroid dienone is 1. The summed E-state index contributed by atoms with van der Waals surface area (Å²) in [4.78, 5) is 11.4. The van der Waals surface area contributed by atoms with E-state index >= 15 is 0 Å². The highest BCUT2D eigenvalue weighted by molar-refractivity contribution is 5.89. The molecule has 0 bridgehead atoms. The van der Waals surface area contributed by atoms with E-state index < -0.39 is 0 Å². The molecule has 1 heterocycles. The molecule has 3 nitrogen and oxygen atoms in total. The van der Waals surface area contributed by atoms with Crippen molar-refractivity contribution in [3.05, 3.63) is 11.6 Å². The Morgan fingerprint density at radius 1 is 1.62 bits per heavy atom. The van der Waals surface area contributed by atoms with E-state index in [4.69, 9.17) is 9.47 Å². The molecule has 13 heavy (non-hydrogen) atoms. The summed E-state index contributed by atoms with van der Waals surface area (Å²) in [6.45, 7) is 4.98. The van der Waals surface area contributed by atoms with Crippen molar-refractivity contribution in [1.82, 2.24) is 0 Å². The molecule has 1 rings (SSSR count). The fourth-order valence-electron chi connectivity index (χ4n) is 1.26. The van der Waals surface area contributed by atoms with E-state index in [2.05, 4.69) is 0 Å². The normalized spacial score (nSPS) is 22.3. The summed E-state index contributed by atoms with van der Waals surface area (Å²) in [6.07, 6.45) is 3.65. The van der Waals surface area contributed by atoms with Crippen molar-refractivity contribution in [2.75, 3.05) is 13.2 Å². The summed E-state index contributed by atoms with van der Waals surface area (Å²) >= 11 is 0. The van der Waals surface area contributed by atoms with E-state index in [1.807, 2.05) is 19.9 Å². The minimum atomic E-state index is -0.228. The Morgan fingerprint density at radius 3 is 2.69 bits per heavy atom. The lowest BCUT2D eigenvalue weighted by Crippen LogP contribution is -2.32. The Kier molecular flexibility index (Phi) is 3.96. The van der Waals surface area contributed by atoms with Crippen LogP contribution in [0.1, 0.15) is 26.7 Å². The number of esters is 1. The zero-order valence-corrected chi connectivity index (χ0v) is 8.21. The van der Waals surface area contributed by atoms with Crippen molar-refractivity contribution < 1.29 is 14.3 Å². The molecule has 1 unspecified atom stereocenters. The van der Waals surface area contributed by atoms with Gasteiger partial charge in [-0.1, -0.05) is 13.0 Å². The first-order valence-corrected chi connectivity index (χ1v) is 4.78. The molecule has 1 aliphatic rings. The van der Waals surface area contributed by atoms with E-state index in [9.17, 15) is 4.79 Å². The van der Waals surface area contributed by atoms with Crippen LogP contribution in [0.2, 0.25) is 0 Å². The molecule has 0 spiro atoms. The van der Waals surface area contributed by atoms with Gasteiger partial charge in [-0.3, -0.25) is 0 Å². The van der Waals surface area contributed by atoms with Gasteiger partial charge in [0.1, 0.15) is 0 Å². The van der Waals surface area contributed by atoms with Gasteiger partial charge < -0.3 is 9.47 Å². The van der Waals surface area contributed by atoms with Crippen LogP contribution in [0, 0.1) is 0 Å². The van der Waals surface area contributed by atoms with Gasteiger partial charge >= 0.3 is 5.97 Å². The fourth-order valence-corrected chi connectivity index (χ4v) is 1.26. The molecule has 0 aliphatic carbocycles. The van der Waals surface area contributed by atoms with E-state index in [-0.39, 0.29) is 12.1 Å². The van der Waals surface area contributed by atoms with Crippen molar-refractivity contribution in [2.45, 2.75) is 32.8 Å². The zero-order valence-electron chi connectivity index (χ0n) is 8.21. The van der Waals surface area contributed by atoms with Gasteiger partial charge in [0, 0.05) is 6.42 Å². The Hall–Kier alpha value is -0.830. The zero-order chi connectivity index (χ0) is 9.68. The maximum Gasteiger partial charge on any atom is 0.336 e. The fraction of sp³-hybridized carbons (Fsp3) is 0.700. The molecular weight excluding hydrogens is 168 g/mol. The van der Waals surface area contributed by atoms with Gasteiger partial charge in [0.05, 0.1) is 24.9 Å². The maximum atomic E-state index is 11.4. The minimum absolute atomic E-state index is 0.0148. The predicted octanol–water partition coefficient (Wildman–Crippen LogP) is 1.67. The lowest BCUT2D eigenvalue weighted by Gasteiger charge is -2.27. The molecule has 1 fully saturated rings. The molecule has 0 N–H and O–H groups in total. The van der Waals surface area contributed by atoms with E-state index in [1.165, 1.54) is 0 Å². The molecule has 0 aromatic heterocycles. The number of hydrogen-bond acceptors (Lipinski definition) is 3. The first-order valence-electron chi connectivity index (χ1n) is 4.78. The summed E-state index contributed by atoms with van der Waals surface area (Å²) in [5.74, 6) is -0.228. The van der Waals surface area contributed by atoms with Crippen LogP contribution in [-0.4, -0.2) is 25.3 Å². The van der Waals surface area contributed by atoms with Crippen molar-refractivity contribution in [1.29, 1.82) is 0 Å². The van der Waals surface area contributed by atoms with Gasteiger partial charge in [0.15, 0.2) is 0 Å². The van der Waals surface area contributed by atoms with Crippen molar-refractivity contribution in [2.24, 2.45) is 0 Å². The third-order valence-electron chi connectivity index (χ3n) is 1.98. The molecular formula is C10H16O3. The van der Waals surface area contributed by atoms with Gasteiger partial charge in [-0.25, -0.2) is 4.79 Å². The summed E-state index contributed by atoms with van der Waals surface area (Å²) in [6, 6.07) is 0. The molecule has 1 atom stereocenters. The highest BCUT2D eigenvalue weighted by atomic mass is 16.5. The monoisotopic (exact) mass is 184 g/mol. The van der Waals surface area contributed by atoms with Crippen molar-refractivity contribution >= 4 is 5.97 Å². The standard InChI is InChI=1S/C10H16O3/c1-3-5-8(9-6-7-13-9)10(11)12-4-2/h5,9H,3-4,6-7H2,1-2H3/b8-5-. The summed E-state index contributed by atoms with van der Waals surface area (Å²) in [7, 11) is 0. The molecule has 1 saturated heterocycles. The second-order valence-corrected chi connectivity index (χ2v) is 2.94. The molecule has 0 radical (unpaired) electrons. The molecule has 1 aliphatic heterocycles. The Morgan fingerprint density at radius 2 is 2.31 bits per heavy atom. The largest absolute Gasteiger partial charge is 0.463 e. The number of hydrogen-bond donors (Lipinski definition) is 0. The second kappa shape index (κ2) is 5.02. The van der Waals surface area contributed by atoms with Gasteiger partial charge in [-0.05, 0) is 13.3 Å². The summed E-state index contributed by atoms with van der Waals surface area (Å²) in [5.41, 5.74) is 0.690. The quantitative estimate of drug-likeness (QED) is 0.492. The van der Waals surface area contributed by atoms with Crippen LogP contribution in [0.15, 0.2) is 11.6 Å². The second-order valence-electron chi connectivity index (χ2n) is 2.94. The van der Waals surface area contributed by atoms with Crippen LogP contribution in [0.3, 0.4) is 0 Å². The summed E-state index contributed by atoms with van der Waals surface area (Å²) in [5, 5.41) is 0. The topological polar surface area (TPSA) is 35.5 Å². The van der Waals surface area contributed by atoms with Crippen molar-refractivity contribution in [3.63, 3.8) is 0 Å². The van der Waals surface area contributed by atoms with Crippen LogP contribution >= 0.6 is 0 Å². The van der Waals surface area contributed by atoms with Crippen LogP contribution in [0.25, 0.3) is 0 Å². The van der Waals surface area contributed by atoms with Gasteiger partial charge in [-0.15, -0.1) is 0 Å². The van der Waals surface area contributed by atoms with Crippen LogP contribution in [0.4, 0.5) is 0 Å². The lowest BCUT2D eigenvalue weighted by molar-refractivity contribution is -0.142. The maximum absolute atomic E-state index is 11.4. The van der Waals surface area contributed by atoms with Gasteiger partial charge in [-0.2, -0.15) is 0 Å². The molecule has 0 aromatic carbocycles. The van der Waals surface area contributed by atoms with Crippen LogP contribution in [0.5, 0.6) is 0 Å². The van der Waals surface area contributed by atoms with Gasteiger partial charge in [0.2, 0.25) is 0 Å². The number of carbonyl (C=O) groups is 1. The SMILES string of the molecule is CC/C=C(\C(=O)OCC)C1CCO1. The third-order valence-corrected chi connectivity index (χ3v) is 1.98. The van der Waals surface area contributed by atoms with E-state index in [0.29, 0.717) is 12.2 Å². The average Bonchev–Trinajstić information content (AvgIpc) is 2.01. The van der Waals surface area contributed by atoms with Crippen molar-refractivity contribution in [3.8, 4) is 0 Å². The van der Waals surface area contributed by atoms with Gasteiger partial charge in [0.25, 0.3) is 0 Å². The molecule has 3 heteroatoms. The lowest BCUT2D eigenvalue weighted by atomic mass is 10.0. The number of ether oxygens (including phenoxy) is 2. The average molecular weight is 184 g/mol. The number of rotatable bonds is 4. The summed E-state index contributed by atoms with van der Waals surface area (Å²) < 4.78 is 10.2. The Labute approximate surface area is 78.7 Å². The molecule has 0 amide bonds. The first-order chi connectivity index (χ1) is 6.29. The first kappa shape index (κ1) is 10.3.